The molecule has 1 rings (SSSR count). The number of esters is 2. The fourth-order valence-corrected chi connectivity index (χ4v) is 4.67. The van der Waals surface area contributed by atoms with Crippen molar-refractivity contribution in [3.05, 3.63) is 0 Å². The summed E-state index contributed by atoms with van der Waals surface area (Å²) in [5.41, 5.74) is -0.300. The van der Waals surface area contributed by atoms with Gasteiger partial charge in [-0.2, -0.15) is 23.5 Å². The fraction of sp³-hybridized carbons (Fsp3) is 0.833. The van der Waals surface area contributed by atoms with Gasteiger partial charge in [0.15, 0.2) is 0 Å². The highest BCUT2D eigenvalue weighted by Gasteiger charge is 2.38. The van der Waals surface area contributed by atoms with Gasteiger partial charge in [0.1, 0.15) is 0 Å². The van der Waals surface area contributed by atoms with Crippen molar-refractivity contribution in [2.45, 2.75) is 26.7 Å². The molecule has 0 spiro atoms. The van der Waals surface area contributed by atoms with Crippen LogP contribution in [-0.2, 0) is 19.1 Å². The molecular weight excluding hydrogens is 272 g/mol. The number of rotatable bonds is 6. The molecule has 18 heavy (non-hydrogen) atoms. The zero-order chi connectivity index (χ0) is 13.4. The SMILES string of the molecule is CCOC(=O)CC1(CC(=O)OCC)CSCSC1. The van der Waals surface area contributed by atoms with Crippen LogP contribution in [0.15, 0.2) is 0 Å². The predicted octanol–water partition coefficient (Wildman–Crippen LogP) is 2.32. The molecular formula is C12H20O4S2. The minimum atomic E-state index is -0.300. The van der Waals surface area contributed by atoms with E-state index in [1.165, 1.54) is 0 Å². The molecule has 0 saturated carbocycles. The van der Waals surface area contributed by atoms with E-state index in [0.717, 1.165) is 16.6 Å². The van der Waals surface area contributed by atoms with Crippen molar-refractivity contribution in [3.63, 3.8) is 0 Å². The number of ether oxygens (including phenoxy) is 2. The van der Waals surface area contributed by atoms with Crippen LogP contribution in [0, 0.1) is 5.41 Å². The lowest BCUT2D eigenvalue weighted by Crippen LogP contribution is -2.36. The van der Waals surface area contributed by atoms with Crippen LogP contribution in [0.5, 0.6) is 0 Å². The van der Waals surface area contributed by atoms with Gasteiger partial charge in [-0.05, 0) is 13.8 Å². The molecule has 1 heterocycles. The molecule has 0 bridgehead atoms. The Kier molecular flexibility index (Phi) is 6.92. The third-order valence-corrected chi connectivity index (χ3v) is 5.60. The maximum atomic E-state index is 11.7. The lowest BCUT2D eigenvalue weighted by Gasteiger charge is -2.34. The smallest absolute Gasteiger partial charge is 0.306 e. The van der Waals surface area contributed by atoms with E-state index in [1.807, 2.05) is 0 Å². The first kappa shape index (κ1) is 15.7. The Hall–Kier alpha value is -0.360. The molecule has 1 aliphatic rings. The second-order valence-electron chi connectivity index (χ2n) is 4.28. The summed E-state index contributed by atoms with van der Waals surface area (Å²) < 4.78 is 10.0. The Morgan fingerprint density at radius 1 is 1.00 bits per heavy atom. The summed E-state index contributed by atoms with van der Waals surface area (Å²) in [5.74, 6) is 1.20. The number of hydrogen-bond acceptors (Lipinski definition) is 6. The van der Waals surface area contributed by atoms with E-state index in [9.17, 15) is 9.59 Å². The molecule has 0 unspecified atom stereocenters. The summed E-state index contributed by atoms with van der Waals surface area (Å²) in [7, 11) is 0. The van der Waals surface area contributed by atoms with E-state index in [-0.39, 0.29) is 17.4 Å². The highest BCUT2D eigenvalue weighted by Crippen LogP contribution is 2.41. The number of carbonyl (C=O) groups excluding carboxylic acids is 2. The van der Waals surface area contributed by atoms with Crippen molar-refractivity contribution in [2.75, 3.05) is 29.8 Å². The summed E-state index contributed by atoms with van der Waals surface area (Å²) >= 11 is 3.54. The second-order valence-corrected chi connectivity index (χ2v) is 6.62. The predicted molar refractivity (Wildman–Crippen MR) is 74.7 cm³/mol. The lowest BCUT2D eigenvalue weighted by molar-refractivity contribution is -0.148. The van der Waals surface area contributed by atoms with Crippen LogP contribution >= 0.6 is 23.5 Å². The molecule has 6 heteroatoms. The van der Waals surface area contributed by atoms with E-state index in [0.29, 0.717) is 26.1 Å². The Morgan fingerprint density at radius 3 is 1.83 bits per heavy atom. The number of carbonyl (C=O) groups is 2. The highest BCUT2D eigenvalue weighted by molar-refractivity contribution is 8.16. The highest BCUT2D eigenvalue weighted by atomic mass is 32.2. The van der Waals surface area contributed by atoms with Crippen molar-refractivity contribution in [2.24, 2.45) is 5.41 Å². The summed E-state index contributed by atoms with van der Waals surface area (Å²) in [6.45, 7) is 4.35. The van der Waals surface area contributed by atoms with Crippen molar-refractivity contribution in [1.29, 1.82) is 0 Å². The number of thioether (sulfide) groups is 2. The molecule has 4 nitrogen and oxygen atoms in total. The molecule has 0 aromatic heterocycles. The van der Waals surface area contributed by atoms with Crippen LogP contribution in [0.2, 0.25) is 0 Å². The maximum absolute atomic E-state index is 11.7. The van der Waals surface area contributed by atoms with Crippen molar-refractivity contribution in [1.82, 2.24) is 0 Å². The average molecular weight is 292 g/mol. The lowest BCUT2D eigenvalue weighted by atomic mass is 9.85. The number of hydrogen-bond donors (Lipinski definition) is 0. The summed E-state index contributed by atoms with van der Waals surface area (Å²) in [6, 6.07) is 0. The molecule has 104 valence electrons. The van der Waals surface area contributed by atoms with E-state index < -0.39 is 0 Å². The first-order valence-electron chi connectivity index (χ1n) is 6.08. The van der Waals surface area contributed by atoms with Gasteiger partial charge in [0, 0.05) is 22.0 Å². The van der Waals surface area contributed by atoms with Gasteiger partial charge >= 0.3 is 11.9 Å². The summed E-state index contributed by atoms with van der Waals surface area (Å²) in [5, 5.41) is 1.02. The van der Waals surface area contributed by atoms with E-state index in [4.69, 9.17) is 9.47 Å². The van der Waals surface area contributed by atoms with Crippen LogP contribution in [0.4, 0.5) is 0 Å². The monoisotopic (exact) mass is 292 g/mol. The van der Waals surface area contributed by atoms with Gasteiger partial charge in [-0.25, -0.2) is 0 Å². The minimum Gasteiger partial charge on any atom is -0.466 e. The third-order valence-electron chi connectivity index (χ3n) is 2.63. The van der Waals surface area contributed by atoms with Crippen LogP contribution in [0.3, 0.4) is 0 Å². The zero-order valence-electron chi connectivity index (χ0n) is 10.9. The van der Waals surface area contributed by atoms with Crippen LogP contribution in [0.1, 0.15) is 26.7 Å². The average Bonchev–Trinajstić information content (AvgIpc) is 2.30. The van der Waals surface area contributed by atoms with Gasteiger partial charge in [-0.1, -0.05) is 0 Å². The zero-order valence-corrected chi connectivity index (χ0v) is 12.5. The molecule has 0 atom stereocenters. The van der Waals surface area contributed by atoms with Gasteiger partial charge in [-0.15, -0.1) is 0 Å². The molecule has 0 aliphatic carbocycles. The van der Waals surface area contributed by atoms with Crippen molar-refractivity contribution < 1.29 is 19.1 Å². The van der Waals surface area contributed by atoms with Gasteiger partial charge < -0.3 is 9.47 Å². The Labute approximate surface area is 117 Å². The van der Waals surface area contributed by atoms with Crippen LogP contribution in [0.25, 0.3) is 0 Å². The molecule has 0 N–H and O–H groups in total. The minimum absolute atomic E-state index is 0.218. The topological polar surface area (TPSA) is 52.6 Å². The normalized spacial score (nSPS) is 18.1. The van der Waals surface area contributed by atoms with E-state index >= 15 is 0 Å². The molecule has 0 amide bonds. The summed E-state index contributed by atoms with van der Waals surface area (Å²) in [6.07, 6.45) is 0.610. The van der Waals surface area contributed by atoms with Crippen molar-refractivity contribution >= 4 is 35.5 Å². The third kappa shape index (κ3) is 5.10. The standard InChI is InChI=1S/C12H20O4S2/c1-3-15-10(13)5-12(6-11(14)16-4-2)7-17-9-18-8-12/h3-9H2,1-2H3. The summed E-state index contributed by atoms with van der Waals surface area (Å²) in [4.78, 5) is 23.3. The van der Waals surface area contributed by atoms with Gasteiger partial charge in [0.05, 0.1) is 26.1 Å². The Balaban J connectivity index is 2.62. The van der Waals surface area contributed by atoms with Crippen molar-refractivity contribution in [3.8, 4) is 0 Å². The van der Waals surface area contributed by atoms with Crippen LogP contribution < -0.4 is 0 Å². The molecule has 0 radical (unpaired) electrons. The Bertz CT molecular complexity index is 266. The molecule has 1 fully saturated rings. The van der Waals surface area contributed by atoms with E-state index in [1.54, 1.807) is 37.4 Å². The van der Waals surface area contributed by atoms with E-state index in [2.05, 4.69) is 0 Å². The second kappa shape index (κ2) is 7.94. The van der Waals surface area contributed by atoms with Gasteiger partial charge in [0.2, 0.25) is 0 Å². The molecule has 1 aliphatic heterocycles. The molecule has 0 aromatic rings. The first-order valence-corrected chi connectivity index (χ1v) is 8.39. The molecule has 0 aromatic carbocycles. The fourth-order valence-electron chi connectivity index (χ4n) is 1.92. The maximum Gasteiger partial charge on any atom is 0.306 e. The van der Waals surface area contributed by atoms with Crippen LogP contribution in [-0.4, -0.2) is 41.7 Å². The Morgan fingerprint density at radius 2 is 1.44 bits per heavy atom. The molecule has 1 saturated heterocycles. The quantitative estimate of drug-likeness (QED) is 0.700. The van der Waals surface area contributed by atoms with Gasteiger partial charge in [0.25, 0.3) is 0 Å². The largest absolute Gasteiger partial charge is 0.466 e. The van der Waals surface area contributed by atoms with Gasteiger partial charge in [-0.3, -0.25) is 9.59 Å². The first-order chi connectivity index (χ1) is 8.62.